The number of nitrogens with two attached hydrogens (primary N) is 1. The Morgan fingerprint density at radius 3 is 2.85 bits per heavy atom. The number of primary amides is 1. The molecule has 1 aromatic carbocycles. The van der Waals surface area contributed by atoms with Crippen LogP contribution in [0.2, 0.25) is 0 Å². The molecule has 20 heavy (non-hydrogen) atoms. The highest BCUT2D eigenvalue weighted by Gasteiger charge is 2.27. The van der Waals surface area contributed by atoms with Crippen LogP contribution in [0.1, 0.15) is 30.9 Å². The van der Waals surface area contributed by atoms with E-state index in [0.717, 1.165) is 37.3 Å². The third kappa shape index (κ3) is 2.72. The van der Waals surface area contributed by atoms with Crippen molar-refractivity contribution in [1.82, 2.24) is 4.90 Å². The Bertz CT molecular complexity index is 504. The molecular formula is C15H20N2O3. The maximum absolute atomic E-state index is 11.1. The Morgan fingerprint density at radius 1 is 1.25 bits per heavy atom. The smallest absolute Gasteiger partial charge is 0.231 e. The molecule has 0 aromatic heterocycles. The van der Waals surface area contributed by atoms with Gasteiger partial charge < -0.3 is 15.2 Å². The molecule has 1 aromatic rings. The number of likely N-dealkylation sites (tertiary alicyclic amines) is 1. The Kier molecular flexibility index (Phi) is 3.78. The van der Waals surface area contributed by atoms with Gasteiger partial charge >= 0.3 is 0 Å². The Morgan fingerprint density at radius 2 is 2.05 bits per heavy atom. The van der Waals surface area contributed by atoms with Gasteiger partial charge in [-0.1, -0.05) is 6.07 Å². The van der Waals surface area contributed by atoms with Crippen molar-refractivity contribution in [2.75, 3.05) is 26.3 Å². The number of rotatable bonds is 3. The quantitative estimate of drug-likeness (QED) is 0.908. The second-order valence-corrected chi connectivity index (χ2v) is 5.35. The van der Waals surface area contributed by atoms with Crippen molar-refractivity contribution < 1.29 is 14.3 Å². The summed E-state index contributed by atoms with van der Waals surface area (Å²) in [5.41, 5.74) is 6.49. The maximum Gasteiger partial charge on any atom is 0.231 e. The highest BCUT2D eigenvalue weighted by atomic mass is 16.5. The highest BCUT2D eigenvalue weighted by molar-refractivity contribution is 5.76. The molecule has 108 valence electrons. The molecular weight excluding hydrogens is 256 g/mol. The van der Waals surface area contributed by atoms with E-state index in [9.17, 15) is 4.79 Å². The number of carbonyl (C=O) groups is 1. The molecule has 0 bridgehead atoms. The average Bonchev–Trinajstić information content (AvgIpc) is 2.74. The summed E-state index contributed by atoms with van der Waals surface area (Å²) in [6, 6.07) is 6.33. The summed E-state index contributed by atoms with van der Waals surface area (Å²) in [5, 5.41) is 0. The number of fused-ring (bicyclic) bond motifs is 1. The lowest BCUT2D eigenvalue weighted by molar-refractivity contribution is -0.119. The minimum Gasteiger partial charge on any atom is -0.490 e. The number of hydrogen-bond donors (Lipinski definition) is 1. The van der Waals surface area contributed by atoms with Crippen LogP contribution >= 0.6 is 0 Å². The van der Waals surface area contributed by atoms with Crippen molar-refractivity contribution in [3.63, 3.8) is 0 Å². The van der Waals surface area contributed by atoms with Crippen molar-refractivity contribution in [2.24, 2.45) is 5.73 Å². The van der Waals surface area contributed by atoms with E-state index in [1.807, 2.05) is 12.1 Å². The van der Waals surface area contributed by atoms with Gasteiger partial charge in [0.1, 0.15) is 0 Å². The van der Waals surface area contributed by atoms with Crippen LogP contribution in [0.15, 0.2) is 18.2 Å². The third-order valence-electron chi connectivity index (χ3n) is 3.88. The summed E-state index contributed by atoms with van der Waals surface area (Å²) in [6.07, 6.45) is 3.04. The van der Waals surface area contributed by atoms with Gasteiger partial charge in [0.2, 0.25) is 5.91 Å². The number of ether oxygens (including phenoxy) is 2. The Balaban J connectivity index is 1.82. The van der Waals surface area contributed by atoms with Crippen LogP contribution in [0.3, 0.4) is 0 Å². The van der Waals surface area contributed by atoms with Crippen LogP contribution < -0.4 is 15.2 Å². The SMILES string of the molecule is NC(=O)CN1CCCC1c1ccc2c(c1)OCCCO2. The van der Waals surface area contributed by atoms with Crippen LogP contribution in [-0.4, -0.2) is 37.1 Å². The molecule has 1 unspecified atom stereocenters. The molecule has 0 aliphatic carbocycles. The summed E-state index contributed by atoms with van der Waals surface area (Å²) < 4.78 is 11.4. The van der Waals surface area contributed by atoms with Crippen LogP contribution in [0.5, 0.6) is 11.5 Å². The summed E-state index contributed by atoms with van der Waals surface area (Å²) in [5.74, 6) is 1.35. The second kappa shape index (κ2) is 5.71. The molecule has 0 spiro atoms. The molecule has 2 aliphatic rings. The van der Waals surface area contributed by atoms with E-state index in [4.69, 9.17) is 15.2 Å². The minimum absolute atomic E-state index is 0.250. The number of benzene rings is 1. The fourth-order valence-electron chi connectivity index (χ4n) is 2.98. The topological polar surface area (TPSA) is 64.8 Å². The summed E-state index contributed by atoms with van der Waals surface area (Å²) in [4.78, 5) is 13.3. The van der Waals surface area contributed by atoms with Crippen molar-refractivity contribution in [1.29, 1.82) is 0 Å². The molecule has 5 nitrogen and oxygen atoms in total. The van der Waals surface area contributed by atoms with Gasteiger partial charge in [-0.05, 0) is 37.1 Å². The lowest BCUT2D eigenvalue weighted by Gasteiger charge is -2.24. The Hall–Kier alpha value is -1.75. The van der Waals surface area contributed by atoms with E-state index < -0.39 is 0 Å². The fraction of sp³-hybridized carbons (Fsp3) is 0.533. The number of hydrogen-bond acceptors (Lipinski definition) is 4. The lowest BCUT2D eigenvalue weighted by atomic mass is 10.0. The molecule has 1 amide bonds. The first-order valence-corrected chi connectivity index (χ1v) is 7.16. The van der Waals surface area contributed by atoms with Gasteiger partial charge in [-0.25, -0.2) is 0 Å². The minimum atomic E-state index is -0.272. The molecule has 2 heterocycles. The predicted octanol–water partition coefficient (Wildman–Crippen LogP) is 1.47. The maximum atomic E-state index is 11.1. The zero-order valence-electron chi connectivity index (χ0n) is 11.5. The van der Waals surface area contributed by atoms with Crippen molar-refractivity contribution in [2.45, 2.75) is 25.3 Å². The summed E-state index contributed by atoms with van der Waals surface area (Å²) >= 11 is 0. The molecule has 2 N–H and O–H groups in total. The monoisotopic (exact) mass is 276 g/mol. The first kappa shape index (κ1) is 13.2. The van der Waals surface area contributed by atoms with E-state index in [0.29, 0.717) is 19.8 Å². The van der Waals surface area contributed by atoms with Crippen LogP contribution in [0, 0.1) is 0 Å². The fourth-order valence-corrected chi connectivity index (χ4v) is 2.98. The predicted molar refractivity (Wildman–Crippen MR) is 74.8 cm³/mol. The third-order valence-corrected chi connectivity index (χ3v) is 3.88. The number of nitrogens with zero attached hydrogens (tertiary/aromatic N) is 1. The van der Waals surface area contributed by atoms with Crippen LogP contribution in [-0.2, 0) is 4.79 Å². The van der Waals surface area contributed by atoms with E-state index in [-0.39, 0.29) is 11.9 Å². The van der Waals surface area contributed by atoms with E-state index in [1.54, 1.807) is 0 Å². The van der Waals surface area contributed by atoms with E-state index >= 15 is 0 Å². The zero-order chi connectivity index (χ0) is 13.9. The number of carbonyl (C=O) groups excluding carboxylic acids is 1. The highest BCUT2D eigenvalue weighted by Crippen LogP contribution is 2.37. The lowest BCUT2D eigenvalue weighted by Crippen LogP contribution is -2.33. The van der Waals surface area contributed by atoms with Crippen molar-refractivity contribution >= 4 is 5.91 Å². The van der Waals surface area contributed by atoms with Crippen molar-refractivity contribution in [3.05, 3.63) is 23.8 Å². The van der Waals surface area contributed by atoms with Gasteiger partial charge in [0.15, 0.2) is 11.5 Å². The number of amides is 1. The first-order valence-electron chi connectivity index (χ1n) is 7.16. The largest absolute Gasteiger partial charge is 0.490 e. The molecule has 2 aliphatic heterocycles. The molecule has 3 rings (SSSR count). The molecule has 0 radical (unpaired) electrons. The van der Waals surface area contributed by atoms with Crippen molar-refractivity contribution in [3.8, 4) is 11.5 Å². The second-order valence-electron chi connectivity index (χ2n) is 5.35. The van der Waals surface area contributed by atoms with E-state index in [1.165, 1.54) is 5.56 Å². The van der Waals surface area contributed by atoms with Gasteiger partial charge in [-0.3, -0.25) is 9.69 Å². The van der Waals surface area contributed by atoms with Crippen LogP contribution in [0.25, 0.3) is 0 Å². The first-order chi connectivity index (χ1) is 9.74. The Labute approximate surface area is 118 Å². The van der Waals surface area contributed by atoms with Gasteiger partial charge in [0.05, 0.1) is 19.8 Å². The van der Waals surface area contributed by atoms with Gasteiger partial charge in [-0.15, -0.1) is 0 Å². The van der Waals surface area contributed by atoms with Gasteiger partial charge in [0, 0.05) is 12.5 Å². The molecule has 0 saturated carbocycles. The van der Waals surface area contributed by atoms with Gasteiger partial charge in [-0.2, -0.15) is 0 Å². The van der Waals surface area contributed by atoms with Crippen LogP contribution in [0.4, 0.5) is 0 Å². The summed E-state index contributed by atoms with van der Waals surface area (Å²) in [6.45, 7) is 2.62. The zero-order valence-corrected chi connectivity index (χ0v) is 11.5. The van der Waals surface area contributed by atoms with Gasteiger partial charge in [0.25, 0.3) is 0 Å². The molecule has 5 heteroatoms. The normalized spacial score (nSPS) is 22.5. The molecule has 1 atom stereocenters. The summed E-state index contributed by atoms with van der Waals surface area (Å²) in [7, 11) is 0. The molecule has 1 saturated heterocycles. The standard InChI is InChI=1S/C15H20N2O3/c16-15(18)10-17-6-1-3-12(17)11-4-5-13-14(9-11)20-8-2-7-19-13/h4-5,9,12H,1-3,6-8,10H2,(H2,16,18). The molecule has 1 fully saturated rings. The van der Waals surface area contributed by atoms with E-state index in [2.05, 4.69) is 11.0 Å². The average molecular weight is 276 g/mol.